The van der Waals surface area contributed by atoms with Gasteiger partial charge in [0, 0.05) is 0 Å². The molecule has 0 fully saturated rings. The molecule has 0 rings (SSSR count). The van der Waals surface area contributed by atoms with Crippen molar-refractivity contribution in [3.05, 3.63) is 46.0 Å². The Balaban J connectivity index is -0.00000000827. The molecule has 0 aromatic rings. The molecule has 0 aromatic heterocycles. The van der Waals surface area contributed by atoms with Gasteiger partial charge < -0.3 is 73.3 Å². The molecule has 17 nitrogen and oxygen atoms in total. The second-order valence-electron chi connectivity index (χ2n) is 0.671. The van der Waals surface area contributed by atoms with E-state index in [9.17, 15) is 0 Å². The summed E-state index contributed by atoms with van der Waals surface area (Å²) in [7, 11) is 0. The Hall–Kier alpha value is -1.50. The quantitative estimate of drug-likeness (QED) is 0.292. The van der Waals surface area contributed by atoms with Crippen molar-refractivity contribution in [1.29, 1.82) is 0 Å². The molecule has 0 aliphatic carbocycles. The third kappa shape index (κ3) is 1180. The van der Waals surface area contributed by atoms with Crippen LogP contribution >= 0.6 is 0 Å². The van der Waals surface area contributed by atoms with Crippen LogP contribution in [0.2, 0.25) is 0 Å². The Morgan fingerprint density at radius 2 is 0.444 bits per heavy atom. The molecule has 18 heteroatoms. The molecule has 0 radical (unpaired) electrons. The number of hydrogen-bond donors (Lipinski definition) is 0. The summed E-state index contributed by atoms with van der Waals surface area (Å²) in [6, 6.07) is 0. The molecule has 0 heterocycles. The van der Waals surface area contributed by atoms with Gasteiger partial charge in [-0.05, 0) is 0 Å². The third-order valence-electron chi connectivity index (χ3n) is 0. The van der Waals surface area contributed by atoms with Crippen LogP contribution in [0.15, 0.2) is 0 Å². The van der Waals surface area contributed by atoms with Gasteiger partial charge in [0.25, 0.3) is 0 Å². The maximum Gasteiger partial charge on any atom is 3.00 e. The fraction of sp³-hybridized carbons (Fsp3) is 0. The minimum atomic E-state index is -1.75. The van der Waals surface area contributed by atoms with Crippen LogP contribution in [0.1, 0.15) is 0 Å². The molecule has 10 N–H and O–H groups in total. The second kappa shape index (κ2) is 57.9. The van der Waals surface area contributed by atoms with Crippen LogP contribution in [0.5, 0.6) is 0 Å². The van der Waals surface area contributed by atoms with Gasteiger partial charge in [-0.1, -0.05) is 0 Å². The van der Waals surface area contributed by atoms with Crippen molar-refractivity contribution < 1.29 is 75.3 Å². The van der Waals surface area contributed by atoms with E-state index in [2.05, 4.69) is 0 Å². The molecular weight excluding hydrogens is 355 g/mol. The molecule has 112 valence electrons. The zero-order valence-corrected chi connectivity index (χ0v) is 10.9. The molecule has 0 unspecified atom stereocenters. The van der Waals surface area contributed by atoms with Gasteiger partial charge in [-0.3, -0.25) is 0 Å². The van der Waals surface area contributed by atoms with E-state index in [0.29, 0.717) is 0 Å². The van der Waals surface area contributed by atoms with Gasteiger partial charge in [0.05, 0.1) is 15.3 Å². The van der Waals surface area contributed by atoms with Gasteiger partial charge in [-0.2, -0.15) is 0 Å². The molecular formula is H10N3O14Y. The van der Waals surface area contributed by atoms with E-state index >= 15 is 0 Å². The van der Waals surface area contributed by atoms with Gasteiger partial charge in [-0.25, -0.2) is 0 Å². The first kappa shape index (κ1) is 70.5. The van der Waals surface area contributed by atoms with Crippen LogP contribution in [0.4, 0.5) is 0 Å². The van der Waals surface area contributed by atoms with Crippen molar-refractivity contribution in [2.45, 2.75) is 0 Å². The largest absolute Gasteiger partial charge is 3.00 e. The number of hydrogen-bond acceptors (Lipinski definition) is 9. The van der Waals surface area contributed by atoms with E-state index in [1.54, 1.807) is 0 Å². The van der Waals surface area contributed by atoms with Crippen molar-refractivity contribution in [3.63, 3.8) is 0 Å². The molecule has 0 bridgehead atoms. The maximum absolute atomic E-state index is 8.25. The van der Waals surface area contributed by atoms with Gasteiger partial charge in [0.2, 0.25) is 0 Å². The minimum Gasteiger partial charge on any atom is -0.412 e. The van der Waals surface area contributed by atoms with E-state index in [4.69, 9.17) is 46.0 Å². The fourth-order valence-electron chi connectivity index (χ4n) is 0. The van der Waals surface area contributed by atoms with E-state index in [1.807, 2.05) is 0 Å². The van der Waals surface area contributed by atoms with Crippen LogP contribution in [0, 0.1) is 46.0 Å². The predicted octanol–water partition coefficient (Wildman–Crippen LogP) is -4.84. The SMILES string of the molecule is O.O.O.O.O.O=[N+]([O-])[O-].O=[N+]([O-])[O-].O=[N+]([O-])[O-].[Y+3]. The number of nitrogens with zero attached hydrogens (tertiary/aromatic N) is 3. The predicted molar refractivity (Wildman–Crippen MR) is 49.2 cm³/mol. The van der Waals surface area contributed by atoms with Crippen molar-refractivity contribution in [2.24, 2.45) is 0 Å². The van der Waals surface area contributed by atoms with Crippen molar-refractivity contribution in [2.75, 3.05) is 0 Å². The number of rotatable bonds is 0. The van der Waals surface area contributed by atoms with Crippen molar-refractivity contribution in [3.8, 4) is 0 Å². The van der Waals surface area contributed by atoms with Crippen molar-refractivity contribution >= 4 is 0 Å². The van der Waals surface area contributed by atoms with E-state index in [0.717, 1.165) is 0 Å². The Morgan fingerprint density at radius 1 is 0.444 bits per heavy atom. The summed E-state index contributed by atoms with van der Waals surface area (Å²) < 4.78 is 0. The first-order valence-electron chi connectivity index (χ1n) is 1.64. The summed E-state index contributed by atoms with van der Waals surface area (Å²) in [5.74, 6) is 0. The van der Waals surface area contributed by atoms with Crippen molar-refractivity contribution in [1.82, 2.24) is 0 Å². The first-order chi connectivity index (χ1) is 5.20. The molecule has 0 saturated carbocycles. The Bertz CT molecular complexity index is 115. The van der Waals surface area contributed by atoms with E-state index in [1.165, 1.54) is 0 Å². The summed E-state index contributed by atoms with van der Waals surface area (Å²) >= 11 is 0. The summed E-state index contributed by atoms with van der Waals surface area (Å²) in [5.41, 5.74) is 0. The fourth-order valence-corrected chi connectivity index (χ4v) is 0. The standard InChI is InChI=1S/3NO3.5H2O.Y/c3*2-1(3)4;;;;;;/h;;;5*1H2;/q3*-1;;;;;;+3. The molecule has 0 spiro atoms. The van der Waals surface area contributed by atoms with Gasteiger partial charge >= 0.3 is 32.7 Å². The molecule has 0 atom stereocenters. The Labute approximate surface area is 121 Å². The average Bonchev–Trinajstić information content (AvgIpc) is 1.54. The van der Waals surface area contributed by atoms with Gasteiger partial charge in [0.15, 0.2) is 0 Å². The van der Waals surface area contributed by atoms with Crippen LogP contribution in [0.25, 0.3) is 0 Å². The summed E-state index contributed by atoms with van der Waals surface area (Å²) in [6.45, 7) is 0. The first-order valence-corrected chi connectivity index (χ1v) is 1.64. The summed E-state index contributed by atoms with van der Waals surface area (Å²) in [5, 5.41) is 44.2. The smallest absolute Gasteiger partial charge is 0.412 e. The molecule has 0 aliphatic rings. The van der Waals surface area contributed by atoms with Gasteiger partial charge in [0.1, 0.15) is 0 Å². The van der Waals surface area contributed by atoms with Gasteiger partial charge in [-0.15, -0.1) is 0 Å². The monoisotopic (exact) mass is 365 g/mol. The molecule has 0 aromatic carbocycles. The molecule has 0 saturated heterocycles. The van der Waals surface area contributed by atoms with Crippen LogP contribution < -0.4 is 0 Å². The maximum atomic E-state index is 8.25. The molecule has 0 amide bonds. The minimum absolute atomic E-state index is 0. The summed E-state index contributed by atoms with van der Waals surface area (Å²) in [4.78, 5) is 24.8. The Morgan fingerprint density at radius 3 is 0.444 bits per heavy atom. The second-order valence-corrected chi connectivity index (χ2v) is 0.671. The molecule has 0 aliphatic heterocycles. The van der Waals surface area contributed by atoms with E-state index in [-0.39, 0.29) is 60.1 Å². The zero-order valence-electron chi connectivity index (χ0n) is 8.09. The zero-order chi connectivity index (χ0) is 10.7. The third-order valence-corrected chi connectivity index (χ3v) is 0. The van der Waals surface area contributed by atoms with Crippen LogP contribution in [-0.2, 0) is 32.7 Å². The van der Waals surface area contributed by atoms with E-state index < -0.39 is 15.3 Å². The Kier molecular flexibility index (Phi) is 227. The topological polar surface area (TPSA) is 356 Å². The molecule has 18 heavy (non-hydrogen) atoms. The van der Waals surface area contributed by atoms with Crippen LogP contribution in [-0.4, -0.2) is 42.6 Å². The average molecular weight is 365 g/mol. The summed E-state index contributed by atoms with van der Waals surface area (Å²) in [6.07, 6.45) is 0. The normalized spacial score (nSPS) is 4.00. The van der Waals surface area contributed by atoms with Crippen LogP contribution in [0.3, 0.4) is 0 Å².